The number of ether oxygens (including phenoxy) is 1. The zero-order valence-electron chi connectivity index (χ0n) is 26.5. The van der Waals surface area contributed by atoms with E-state index in [9.17, 15) is 12.6 Å². The van der Waals surface area contributed by atoms with Crippen LogP contribution in [-0.4, -0.2) is 92.6 Å². The molecule has 3 aromatic rings. The number of unbranched alkanes of at least 4 members (excludes halogenated alkanes) is 4. The lowest BCUT2D eigenvalue weighted by molar-refractivity contribution is 0.174. The van der Waals surface area contributed by atoms with Gasteiger partial charge in [0.05, 0.1) is 22.7 Å². The minimum Gasteiger partial charge on any atom is -0.494 e. The zero-order chi connectivity index (χ0) is 31.1. The molecule has 2 saturated heterocycles. The fraction of sp³-hybridized carbons (Fsp3) is 0.559. The summed E-state index contributed by atoms with van der Waals surface area (Å²) in [6.45, 7) is 8.72. The molecule has 44 heavy (non-hydrogen) atoms. The summed E-state index contributed by atoms with van der Waals surface area (Å²) < 4.78 is 46.8. The summed E-state index contributed by atoms with van der Waals surface area (Å²) in [5.74, 6) is 0.674. The lowest BCUT2D eigenvalue weighted by atomic mass is 10.0. The molecule has 0 saturated carbocycles. The van der Waals surface area contributed by atoms with Gasteiger partial charge in [-0.2, -0.15) is 0 Å². The van der Waals surface area contributed by atoms with Gasteiger partial charge < -0.3 is 14.5 Å². The molecule has 2 aliphatic heterocycles. The second kappa shape index (κ2) is 15.2. The van der Waals surface area contributed by atoms with Crippen LogP contribution >= 0.6 is 0 Å². The van der Waals surface area contributed by atoms with E-state index in [-0.39, 0.29) is 9.79 Å². The number of hydrogen-bond acceptors (Lipinski definition) is 8. The number of aromatic nitrogens is 1. The third-order valence-corrected chi connectivity index (χ3v) is 11.8. The Morgan fingerprint density at radius 2 is 1.68 bits per heavy atom. The van der Waals surface area contributed by atoms with Crippen molar-refractivity contribution in [3.05, 3.63) is 48.7 Å². The van der Waals surface area contributed by atoms with E-state index < -0.39 is 20.6 Å². The van der Waals surface area contributed by atoms with Gasteiger partial charge in [0.1, 0.15) is 10.6 Å². The third kappa shape index (κ3) is 7.81. The fourth-order valence-corrected chi connectivity index (χ4v) is 8.44. The lowest BCUT2D eigenvalue weighted by Gasteiger charge is -2.40. The quantitative estimate of drug-likeness (QED) is 0.231. The second-order valence-corrected chi connectivity index (χ2v) is 15.6. The molecule has 10 heteroatoms. The number of benzene rings is 2. The van der Waals surface area contributed by atoms with E-state index in [1.807, 2.05) is 18.2 Å². The van der Waals surface area contributed by atoms with Crippen LogP contribution in [0.5, 0.6) is 5.75 Å². The van der Waals surface area contributed by atoms with E-state index in [0.29, 0.717) is 34.5 Å². The first-order chi connectivity index (χ1) is 21.3. The zero-order valence-corrected chi connectivity index (χ0v) is 28.2. The van der Waals surface area contributed by atoms with Crippen molar-refractivity contribution in [2.24, 2.45) is 0 Å². The molecule has 0 N–H and O–H groups in total. The molecular formula is C34H48N4O4S2. The highest BCUT2D eigenvalue weighted by Gasteiger charge is 2.31. The molecular weight excluding hydrogens is 593 g/mol. The highest BCUT2D eigenvalue weighted by Crippen LogP contribution is 2.38. The average Bonchev–Trinajstić information content (AvgIpc) is 3.26. The minimum absolute atomic E-state index is 0.198. The molecule has 0 spiro atoms. The monoisotopic (exact) mass is 640 g/mol. The van der Waals surface area contributed by atoms with Gasteiger partial charge in [-0.3, -0.25) is 14.1 Å². The van der Waals surface area contributed by atoms with Crippen molar-refractivity contribution in [1.82, 2.24) is 14.8 Å². The first-order valence-corrected chi connectivity index (χ1v) is 19.2. The average molecular weight is 641 g/mol. The van der Waals surface area contributed by atoms with Crippen LogP contribution in [0.25, 0.3) is 10.9 Å². The van der Waals surface area contributed by atoms with Crippen molar-refractivity contribution < 1.29 is 17.4 Å². The summed E-state index contributed by atoms with van der Waals surface area (Å²) in [5, 5.41) is 0.733. The maximum atomic E-state index is 14.2. The van der Waals surface area contributed by atoms with Crippen molar-refractivity contribution in [1.29, 1.82) is 0 Å². The van der Waals surface area contributed by atoms with Gasteiger partial charge in [-0.1, -0.05) is 32.6 Å². The number of fused-ring (bicyclic) bond motifs is 1. The molecule has 1 atom stereocenters. The van der Waals surface area contributed by atoms with Crippen LogP contribution in [0.15, 0.2) is 63.3 Å². The van der Waals surface area contributed by atoms with Gasteiger partial charge in [0, 0.05) is 65.8 Å². The predicted octanol–water partition coefficient (Wildman–Crippen LogP) is 5.76. The Labute approximate surface area is 266 Å². The largest absolute Gasteiger partial charge is 0.494 e. The number of nitrogens with zero attached hydrogens (tertiary/aromatic N) is 4. The van der Waals surface area contributed by atoms with Gasteiger partial charge >= 0.3 is 0 Å². The molecule has 0 amide bonds. The first-order valence-electron chi connectivity index (χ1n) is 16.2. The van der Waals surface area contributed by atoms with Crippen LogP contribution in [0.2, 0.25) is 0 Å². The molecule has 0 bridgehead atoms. The normalized spacial score (nSPS) is 18.4. The molecule has 240 valence electrons. The number of piperidine rings is 1. The molecule has 2 aliphatic rings. The van der Waals surface area contributed by atoms with Crippen LogP contribution in [0, 0.1) is 0 Å². The molecule has 0 radical (unpaired) electrons. The highest BCUT2D eigenvalue weighted by molar-refractivity contribution is 7.91. The van der Waals surface area contributed by atoms with Crippen molar-refractivity contribution in [2.75, 3.05) is 64.1 Å². The van der Waals surface area contributed by atoms with Gasteiger partial charge in [-0.05, 0) is 88.3 Å². The Balaban J connectivity index is 1.41. The number of rotatable bonds is 12. The van der Waals surface area contributed by atoms with Crippen molar-refractivity contribution in [3.8, 4) is 5.75 Å². The van der Waals surface area contributed by atoms with E-state index in [1.165, 1.54) is 31.9 Å². The van der Waals surface area contributed by atoms with E-state index in [0.717, 1.165) is 70.3 Å². The maximum absolute atomic E-state index is 14.2. The molecule has 0 aliphatic carbocycles. The lowest BCUT2D eigenvalue weighted by Crippen LogP contribution is -2.46. The van der Waals surface area contributed by atoms with Gasteiger partial charge in [-0.15, -0.1) is 0 Å². The Morgan fingerprint density at radius 3 is 2.41 bits per heavy atom. The number of anilines is 1. The molecule has 8 nitrogen and oxygen atoms in total. The summed E-state index contributed by atoms with van der Waals surface area (Å²) in [5.41, 5.74) is 1.37. The number of hydrogen-bond donors (Lipinski definition) is 0. The molecule has 1 aromatic heterocycles. The summed E-state index contributed by atoms with van der Waals surface area (Å²) in [7, 11) is -2.91. The Kier molecular flexibility index (Phi) is 11.3. The second-order valence-electron chi connectivity index (χ2n) is 12.3. The van der Waals surface area contributed by atoms with Crippen LogP contribution in [-0.2, 0) is 20.6 Å². The first kappa shape index (κ1) is 32.9. The summed E-state index contributed by atoms with van der Waals surface area (Å²) in [6, 6.07) is 12.8. The van der Waals surface area contributed by atoms with E-state index in [1.54, 1.807) is 30.5 Å². The Bertz CT molecular complexity index is 1520. The Morgan fingerprint density at radius 1 is 0.932 bits per heavy atom. The molecule has 1 unspecified atom stereocenters. The molecule has 2 fully saturated rings. The van der Waals surface area contributed by atoms with Crippen LogP contribution in [0.3, 0.4) is 0 Å². The van der Waals surface area contributed by atoms with Crippen molar-refractivity contribution >= 4 is 37.2 Å². The van der Waals surface area contributed by atoms with Gasteiger partial charge in [0.15, 0.2) is 0 Å². The Hall–Kier alpha value is -2.53. The summed E-state index contributed by atoms with van der Waals surface area (Å²) in [6.07, 6.45) is 12.1. The topological polar surface area (TPSA) is 83.0 Å². The summed E-state index contributed by atoms with van der Waals surface area (Å²) >= 11 is 0. The molecule has 5 rings (SSSR count). The summed E-state index contributed by atoms with van der Waals surface area (Å²) in [4.78, 5) is 12.9. The third-order valence-electron chi connectivity index (χ3n) is 9.10. The highest BCUT2D eigenvalue weighted by atomic mass is 32.2. The van der Waals surface area contributed by atoms with Gasteiger partial charge in [0.2, 0.25) is 9.84 Å². The SMILES string of the molecule is CCCCCCCOc1ccc(S(=O)(=O)c2cnc3ccc(S(C)=O)cc3c2N2CCC(N3CCCN(C)CC3)CC2)cc1. The maximum Gasteiger partial charge on any atom is 0.210 e. The molecule has 3 heterocycles. The van der Waals surface area contributed by atoms with Crippen molar-refractivity contribution in [3.63, 3.8) is 0 Å². The smallest absolute Gasteiger partial charge is 0.210 e. The van der Waals surface area contributed by atoms with Crippen LogP contribution in [0.1, 0.15) is 58.3 Å². The fourth-order valence-electron chi connectivity index (χ4n) is 6.46. The number of sulfone groups is 1. The standard InChI is InChI=1S/C34H48N4O4S2/c1-4-5-6-7-8-24-42-28-10-13-30(14-11-28)44(40,41)33-26-35-32-15-12-29(43(3)39)25-31(32)34(33)38-20-16-27(17-21-38)37-19-9-18-36(2)22-23-37/h10-15,25-27H,4-9,16-24H2,1-3H3. The van der Waals surface area contributed by atoms with Crippen LogP contribution in [0.4, 0.5) is 5.69 Å². The van der Waals surface area contributed by atoms with E-state index in [2.05, 4.69) is 33.7 Å². The van der Waals surface area contributed by atoms with Gasteiger partial charge in [0.25, 0.3) is 0 Å². The number of pyridine rings is 1. The van der Waals surface area contributed by atoms with Gasteiger partial charge in [-0.25, -0.2) is 8.42 Å². The van der Waals surface area contributed by atoms with Crippen LogP contribution < -0.4 is 9.64 Å². The van der Waals surface area contributed by atoms with E-state index in [4.69, 9.17) is 4.74 Å². The number of likely N-dealkylation sites (N-methyl/N-ethyl adjacent to an activating group) is 1. The van der Waals surface area contributed by atoms with Crippen molar-refractivity contribution in [2.45, 2.75) is 79.0 Å². The van der Waals surface area contributed by atoms with E-state index >= 15 is 0 Å². The molecule has 2 aromatic carbocycles. The minimum atomic E-state index is -3.89. The predicted molar refractivity (Wildman–Crippen MR) is 179 cm³/mol.